The van der Waals surface area contributed by atoms with Crippen LogP contribution >= 0.6 is 23.1 Å². The number of amides is 1. The minimum atomic E-state index is -0.265. The Balaban J connectivity index is 1.62. The zero-order chi connectivity index (χ0) is 17.8. The summed E-state index contributed by atoms with van der Waals surface area (Å²) in [5.74, 6) is 0.854. The summed E-state index contributed by atoms with van der Waals surface area (Å²) in [5, 5.41) is 14.0. The number of nitrogens with one attached hydrogen (secondary N) is 1. The highest BCUT2D eigenvalue weighted by molar-refractivity contribution is 8.00. The van der Waals surface area contributed by atoms with Gasteiger partial charge in [0.15, 0.2) is 5.16 Å². The summed E-state index contributed by atoms with van der Waals surface area (Å²) in [4.78, 5) is 13.6. The van der Waals surface area contributed by atoms with Crippen molar-refractivity contribution in [3.8, 4) is 0 Å². The van der Waals surface area contributed by atoms with Crippen LogP contribution in [0.1, 0.15) is 23.2 Å². The van der Waals surface area contributed by atoms with Crippen molar-refractivity contribution in [3.05, 3.63) is 58.0 Å². The predicted molar refractivity (Wildman–Crippen MR) is 103 cm³/mol. The summed E-state index contributed by atoms with van der Waals surface area (Å²) >= 11 is 3.12. The number of anilines is 1. The van der Waals surface area contributed by atoms with Gasteiger partial charge in [-0.15, -0.1) is 21.5 Å². The van der Waals surface area contributed by atoms with Gasteiger partial charge in [0.25, 0.3) is 0 Å². The number of aryl methyl sites for hydroxylation is 1. The lowest BCUT2D eigenvalue weighted by Crippen LogP contribution is -2.22. The molecule has 0 saturated heterocycles. The number of carbonyl (C=O) groups is 1. The number of thiophene rings is 1. The summed E-state index contributed by atoms with van der Waals surface area (Å²) in [7, 11) is 1.94. The molecule has 0 spiro atoms. The Morgan fingerprint density at radius 3 is 2.72 bits per heavy atom. The Morgan fingerprint density at radius 1 is 1.28 bits per heavy atom. The molecule has 0 aliphatic rings. The van der Waals surface area contributed by atoms with Crippen LogP contribution < -0.4 is 5.32 Å². The zero-order valence-electron chi connectivity index (χ0n) is 14.4. The van der Waals surface area contributed by atoms with E-state index < -0.39 is 0 Å². The SMILES string of the molecule is Cc1ccc(NC(=O)[C@@H](C)Sc2nnc(Cc3cccs3)n2C)cc1. The van der Waals surface area contributed by atoms with Crippen LogP contribution in [0.15, 0.2) is 46.9 Å². The van der Waals surface area contributed by atoms with E-state index in [1.54, 1.807) is 11.3 Å². The van der Waals surface area contributed by atoms with E-state index in [1.165, 1.54) is 16.6 Å². The van der Waals surface area contributed by atoms with Crippen LogP contribution in [-0.2, 0) is 18.3 Å². The largest absolute Gasteiger partial charge is 0.325 e. The minimum Gasteiger partial charge on any atom is -0.325 e. The van der Waals surface area contributed by atoms with Crippen LogP contribution in [0.25, 0.3) is 0 Å². The van der Waals surface area contributed by atoms with E-state index in [-0.39, 0.29) is 11.2 Å². The third-order valence-corrected chi connectivity index (χ3v) is 5.82. The number of benzene rings is 1. The quantitative estimate of drug-likeness (QED) is 0.667. The molecule has 1 amide bonds. The van der Waals surface area contributed by atoms with Crippen LogP contribution in [0.2, 0.25) is 0 Å². The van der Waals surface area contributed by atoms with Crippen molar-refractivity contribution in [3.63, 3.8) is 0 Å². The molecular weight excluding hydrogens is 352 g/mol. The first-order chi connectivity index (χ1) is 12.0. The molecule has 1 atom stereocenters. The van der Waals surface area contributed by atoms with Crippen LogP contribution in [0.3, 0.4) is 0 Å². The van der Waals surface area contributed by atoms with E-state index in [0.29, 0.717) is 0 Å². The Labute approximate surface area is 155 Å². The third kappa shape index (κ3) is 4.49. The molecule has 2 aromatic heterocycles. The molecule has 0 unspecified atom stereocenters. The number of thioether (sulfide) groups is 1. The molecule has 2 heterocycles. The predicted octanol–water partition coefficient (Wildman–Crippen LogP) is 3.90. The average molecular weight is 373 g/mol. The minimum absolute atomic E-state index is 0.0448. The summed E-state index contributed by atoms with van der Waals surface area (Å²) in [6.07, 6.45) is 0.756. The molecule has 0 aliphatic carbocycles. The van der Waals surface area contributed by atoms with Gasteiger partial charge in [0.05, 0.1) is 5.25 Å². The second kappa shape index (κ2) is 7.84. The van der Waals surface area contributed by atoms with Crippen LogP contribution in [-0.4, -0.2) is 25.9 Å². The summed E-state index contributed by atoms with van der Waals surface area (Å²) in [6, 6.07) is 11.9. The fourth-order valence-electron chi connectivity index (χ4n) is 2.26. The number of hydrogen-bond acceptors (Lipinski definition) is 5. The molecule has 0 bridgehead atoms. The Hall–Kier alpha value is -2.12. The highest BCUT2D eigenvalue weighted by Gasteiger charge is 2.19. The van der Waals surface area contributed by atoms with Gasteiger partial charge in [0.2, 0.25) is 5.91 Å². The van der Waals surface area contributed by atoms with Gasteiger partial charge >= 0.3 is 0 Å². The van der Waals surface area contributed by atoms with E-state index >= 15 is 0 Å². The smallest absolute Gasteiger partial charge is 0.237 e. The van der Waals surface area contributed by atoms with Gasteiger partial charge in [-0.1, -0.05) is 35.5 Å². The lowest BCUT2D eigenvalue weighted by molar-refractivity contribution is -0.115. The molecule has 0 radical (unpaired) electrons. The maximum Gasteiger partial charge on any atom is 0.237 e. The third-order valence-electron chi connectivity index (χ3n) is 3.81. The van der Waals surface area contributed by atoms with Gasteiger partial charge in [-0.3, -0.25) is 4.79 Å². The topological polar surface area (TPSA) is 59.8 Å². The number of aromatic nitrogens is 3. The van der Waals surface area contributed by atoms with Crippen molar-refractivity contribution in [2.45, 2.75) is 30.7 Å². The van der Waals surface area contributed by atoms with Crippen molar-refractivity contribution in [2.24, 2.45) is 7.05 Å². The molecule has 5 nitrogen and oxygen atoms in total. The molecule has 0 fully saturated rings. The van der Waals surface area contributed by atoms with Crippen molar-refractivity contribution in [1.29, 1.82) is 0 Å². The van der Waals surface area contributed by atoms with Crippen molar-refractivity contribution >= 4 is 34.7 Å². The number of hydrogen-bond donors (Lipinski definition) is 1. The van der Waals surface area contributed by atoms with Crippen molar-refractivity contribution < 1.29 is 4.79 Å². The summed E-state index contributed by atoms with van der Waals surface area (Å²) in [6.45, 7) is 3.90. The Kier molecular flexibility index (Phi) is 5.55. The molecule has 3 rings (SSSR count). The number of rotatable bonds is 6. The maximum absolute atomic E-state index is 12.4. The average Bonchev–Trinajstić information content (AvgIpc) is 3.22. The summed E-state index contributed by atoms with van der Waals surface area (Å²) < 4.78 is 1.96. The molecule has 7 heteroatoms. The Morgan fingerprint density at radius 2 is 2.04 bits per heavy atom. The van der Waals surface area contributed by atoms with E-state index in [2.05, 4.69) is 27.0 Å². The van der Waals surface area contributed by atoms with Crippen LogP contribution in [0.4, 0.5) is 5.69 Å². The van der Waals surface area contributed by atoms with Gasteiger partial charge in [-0.05, 0) is 37.4 Å². The van der Waals surface area contributed by atoms with Gasteiger partial charge < -0.3 is 9.88 Å². The lowest BCUT2D eigenvalue weighted by atomic mass is 10.2. The molecule has 3 aromatic rings. The fraction of sp³-hybridized carbons (Fsp3) is 0.278. The van der Waals surface area contributed by atoms with Gasteiger partial charge in [-0.25, -0.2) is 0 Å². The molecule has 0 saturated carbocycles. The van der Waals surface area contributed by atoms with Crippen molar-refractivity contribution in [1.82, 2.24) is 14.8 Å². The van der Waals surface area contributed by atoms with Gasteiger partial charge in [0.1, 0.15) is 5.82 Å². The molecule has 25 heavy (non-hydrogen) atoms. The van der Waals surface area contributed by atoms with E-state index in [9.17, 15) is 4.79 Å². The maximum atomic E-state index is 12.4. The molecule has 130 valence electrons. The molecule has 1 N–H and O–H groups in total. The van der Waals surface area contributed by atoms with E-state index in [0.717, 1.165) is 28.7 Å². The van der Waals surface area contributed by atoms with E-state index in [1.807, 2.05) is 55.8 Å². The Bertz CT molecular complexity index is 841. The van der Waals surface area contributed by atoms with E-state index in [4.69, 9.17) is 0 Å². The molecular formula is C18H20N4OS2. The zero-order valence-corrected chi connectivity index (χ0v) is 16.0. The van der Waals surface area contributed by atoms with Crippen LogP contribution in [0, 0.1) is 6.92 Å². The first kappa shape index (κ1) is 17.7. The van der Waals surface area contributed by atoms with Gasteiger partial charge in [-0.2, -0.15) is 0 Å². The second-order valence-corrected chi connectivity index (χ2v) is 8.17. The fourth-order valence-corrected chi connectivity index (χ4v) is 3.80. The second-order valence-electron chi connectivity index (χ2n) is 5.83. The van der Waals surface area contributed by atoms with Crippen LogP contribution in [0.5, 0.6) is 0 Å². The van der Waals surface area contributed by atoms with Crippen molar-refractivity contribution in [2.75, 3.05) is 5.32 Å². The molecule has 1 aromatic carbocycles. The highest BCUT2D eigenvalue weighted by atomic mass is 32.2. The monoisotopic (exact) mass is 372 g/mol. The number of nitrogens with zero attached hydrogens (tertiary/aromatic N) is 3. The number of carbonyl (C=O) groups excluding carboxylic acids is 1. The molecule has 0 aliphatic heterocycles. The highest BCUT2D eigenvalue weighted by Crippen LogP contribution is 2.24. The first-order valence-electron chi connectivity index (χ1n) is 7.98. The first-order valence-corrected chi connectivity index (χ1v) is 9.73. The standard InChI is InChI=1S/C18H20N4OS2/c1-12-6-8-14(9-7-12)19-17(23)13(2)25-18-21-20-16(22(18)3)11-15-5-4-10-24-15/h4-10,13H,11H2,1-3H3,(H,19,23)/t13-/m1/s1. The lowest BCUT2D eigenvalue weighted by Gasteiger charge is -2.11. The normalized spacial score (nSPS) is 12.1. The van der Waals surface area contributed by atoms with Gasteiger partial charge in [0, 0.05) is 24.0 Å². The summed E-state index contributed by atoms with van der Waals surface area (Å²) in [5.41, 5.74) is 1.97.